The molecule has 0 aromatic carbocycles. The molecular formula is C17H22N2O2. The summed E-state index contributed by atoms with van der Waals surface area (Å²) < 4.78 is 5.94. The zero-order valence-electron chi connectivity index (χ0n) is 12.5. The van der Waals surface area contributed by atoms with Crippen LogP contribution in [0.1, 0.15) is 43.6 Å². The minimum Gasteiger partial charge on any atom is -0.464 e. The lowest BCUT2D eigenvalue weighted by molar-refractivity contribution is -0.122. The Kier molecular flexibility index (Phi) is 4.03. The number of hydrogen-bond donors (Lipinski definition) is 1. The number of nitrogens with one attached hydrogen (secondary N) is 1. The fraction of sp³-hybridized carbons (Fsp3) is 0.588. The molecule has 21 heavy (non-hydrogen) atoms. The predicted octanol–water partition coefficient (Wildman–Crippen LogP) is 2.12. The van der Waals surface area contributed by atoms with Gasteiger partial charge in [0.2, 0.25) is 5.91 Å². The molecule has 3 rings (SSSR count). The summed E-state index contributed by atoms with van der Waals surface area (Å²) in [5.41, 5.74) is 0. The van der Waals surface area contributed by atoms with Crippen LogP contribution in [0.2, 0.25) is 0 Å². The van der Waals surface area contributed by atoms with Crippen LogP contribution in [0.3, 0.4) is 0 Å². The number of nitrogens with zero attached hydrogens (tertiary/aromatic N) is 1. The average molecular weight is 286 g/mol. The van der Waals surface area contributed by atoms with Crippen LogP contribution >= 0.6 is 0 Å². The van der Waals surface area contributed by atoms with E-state index in [9.17, 15) is 4.79 Å². The van der Waals surface area contributed by atoms with Crippen molar-refractivity contribution in [2.75, 3.05) is 13.1 Å². The molecule has 1 aromatic rings. The van der Waals surface area contributed by atoms with E-state index in [2.05, 4.69) is 35.2 Å². The van der Waals surface area contributed by atoms with Gasteiger partial charge in [0.1, 0.15) is 11.5 Å². The fourth-order valence-electron chi connectivity index (χ4n) is 2.74. The predicted molar refractivity (Wildman–Crippen MR) is 80.5 cm³/mol. The van der Waals surface area contributed by atoms with Crippen LogP contribution in [0, 0.1) is 18.3 Å². The second kappa shape index (κ2) is 5.95. The normalized spacial score (nSPS) is 23.9. The smallest absolute Gasteiger partial charge is 0.234 e. The van der Waals surface area contributed by atoms with E-state index in [1.165, 1.54) is 6.42 Å². The first-order valence-electron chi connectivity index (χ1n) is 7.70. The second-order valence-corrected chi connectivity index (χ2v) is 6.24. The molecule has 1 aromatic heterocycles. The van der Waals surface area contributed by atoms with Gasteiger partial charge in [0, 0.05) is 12.0 Å². The van der Waals surface area contributed by atoms with Crippen molar-refractivity contribution in [3.05, 3.63) is 23.7 Å². The summed E-state index contributed by atoms with van der Waals surface area (Å²) in [6.45, 7) is 3.64. The molecule has 0 bridgehead atoms. The zero-order chi connectivity index (χ0) is 14.8. The highest BCUT2D eigenvalue weighted by atomic mass is 16.3. The standard InChI is InChI=1S/C17H22N2O2/c1-3-8-18-17(20)11-19(13-4-5-13)10-14-6-7-16(21-14)15-9-12(15)2/h1,6-7,12-13,15H,4-5,8-11H2,2H3,(H,18,20)/t12-,15+/m1/s1. The van der Waals surface area contributed by atoms with Crippen LogP contribution in [-0.2, 0) is 11.3 Å². The van der Waals surface area contributed by atoms with Gasteiger partial charge in [0.25, 0.3) is 0 Å². The third-order valence-electron chi connectivity index (χ3n) is 4.31. The highest BCUT2D eigenvalue weighted by Crippen LogP contribution is 2.47. The van der Waals surface area contributed by atoms with E-state index in [-0.39, 0.29) is 5.91 Å². The maximum Gasteiger partial charge on any atom is 0.234 e. The molecule has 4 nitrogen and oxygen atoms in total. The number of amides is 1. The van der Waals surface area contributed by atoms with Crippen LogP contribution in [0.4, 0.5) is 0 Å². The van der Waals surface area contributed by atoms with Gasteiger partial charge < -0.3 is 9.73 Å². The summed E-state index contributed by atoms with van der Waals surface area (Å²) in [7, 11) is 0. The van der Waals surface area contributed by atoms with Crippen molar-refractivity contribution in [3.63, 3.8) is 0 Å². The van der Waals surface area contributed by atoms with Crippen LogP contribution in [0.15, 0.2) is 16.5 Å². The molecule has 2 fully saturated rings. The second-order valence-electron chi connectivity index (χ2n) is 6.24. The van der Waals surface area contributed by atoms with Crippen LogP contribution in [0.25, 0.3) is 0 Å². The summed E-state index contributed by atoms with van der Waals surface area (Å²) in [6.07, 6.45) is 8.71. The highest BCUT2D eigenvalue weighted by molar-refractivity contribution is 5.78. The Morgan fingerprint density at radius 3 is 2.90 bits per heavy atom. The topological polar surface area (TPSA) is 45.5 Å². The summed E-state index contributed by atoms with van der Waals surface area (Å²) in [6, 6.07) is 4.65. The molecule has 0 spiro atoms. The monoisotopic (exact) mass is 286 g/mol. The first-order valence-corrected chi connectivity index (χ1v) is 7.70. The average Bonchev–Trinajstić information content (AvgIpc) is 3.37. The number of furan rings is 1. The molecule has 2 saturated carbocycles. The maximum atomic E-state index is 11.8. The first kappa shape index (κ1) is 14.2. The molecule has 112 valence electrons. The highest BCUT2D eigenvalue weighted by Gasteiger charge is 2.37. The maximum absolute atomic E-state index is 11.8. The van der Waals surface area contributed by atoms with Gasteiger partial charge in [-0.1, -0.05) is 12.8 Å². The lowest BCUT2D eigenvalue weighted by Crippen LogP contribution is -2.38. The van der Waals surface area contributed by atoms with Crippen molar-refractivity contribution in [2.24, 2.45) is 5.92 Å². The molecule has 0 saturated heterocycles. The summed E-state index contributed by atoms with van der Waals surface area (Å²) in [5, 5.41) is 2.72. The molecular weight excluding hydrogens is 264 g/mol. The van der Waals surface area contributed by atoms with E-state index >= 15 is 0 Å². The molecule has 1 heterocycles. The zero-order valence-corrected chi connectivity index (χ0v) is 12.5. The van der Waals surface area contributed by atoms with E-state index < -0.39 is 0 Å². The largest absolute Gasteiger partial charge is 0.464 e. The molecule has 0 unspecified atom stereocenters. The molecule has 1 amide bonds. The fourth-order valence-corrected chi connectivity index (χ4v) is 2.74. The van der Waals surface area contributed by atoms with Crippen LogP contribution in [0.5, 0.6) is 0 Å². The Morgan fingerprint density at radius 1 is 1.52 bits per heavy atom. The molecule has 2 aliphatic rings. The van der Waals surface area contributed by atoms with Gasteiger partial charge in [0.15, 0.2) is 0 Å². The minimum absolute atomic E-state index is 0.0116. The van der Waals surface area contributed by atoms with E-state index in [1.54, 1.807) is 0 Å². The number of rotatable bonds is 7. The van der Waals surface area contributed by atoms with Crippen molar-refractivity contribution >= 4 is 5.91 Å². The molecule has 4 heteroatoms. The van der Waals surface area contributed by atoms with Crippen LogP contribution in [-0.4, -0.2) is 29.9 Å². The van der Waals surface area contributed by atoms with Crippen molar-refractivity contribution in [1.29, 1.82) is 0 Å². The first-order chi connectivity index (χ1) is 10.2. The SMILES string of the molecule is C#CCNC(=O)CN(Cc1ccc([C@H]2C[C@H]2C)o1)C1CC1. The Labute approximate surface area is 125 Å². The van der Waals surface area contributed by atoms with Crippen molar-refractivity contribution in [3.8, 4) is 12.3 Å². The van der Waals surface area contributed by atoms with Gasteiger partial charge >= 0.3 is 0 Å². The Balaban J connectivity index is 1.56. The van der Waals surface area contributed by atoms with Gasteiger partial charge in [-0.15, -0.1) is 6.42 Å². The van der Waals surface area contributed by atoms with Crippen LogP contribution < -0.4 is 5.32 Å². The van der Waals surface area contributed by atoms with E-state index in [1.807, 2.05) is 0 Å². The van der Waals surface area contributed by atoms with Gasteiger partial charge in [-0.25, -0.2) is 0 Å². The number of carbonyl (C=O) groups excluding carboxylic acids is 1. The summed E-state index contributed by atoms with van der Waals surface area (Å²) in [4.78, 5) is 14.0. The molecule has 0 radical (unpaired) electrons. The minimum atomic E-state index is -0.0116. The van der Waals surface area contributed by atoms with Gasteiger partial charge in [-0.05, 0) is 37.3 Å². The lowest BCUT2D eigenvalue weighted by atomic mass is 10.3. The van der Waals surface area contributed by atoms with Gasteiger partial charge in [0.05, 0.1) is 19.6 Å². The van der Waals surface area contributed by atoms with E-state index in [0.29, 0.717) is 31.6 Å². The Bertz CT molecular complexity index is 553. The number of hydrogen-bond acceptors (Lipinski definition) is 3. The quantitative estimate of drug-likeness (QED) is 0.781. The molecule has 1 N–H and O–H groups in total. The van der Waals surface area contributed by atoms with Gasteiger partial charge in [-0.3, -0.25) is 9.69 Å². The van der Waals surface area contributed by atoms with E-state index in [0.717, 1.165) is 30.3 Å². The molecule has 0 aliphatic heterocycles. The summed E-state index contributed by atoms with van der Waals surface area (Å²) >= 11 is 0. The van der Waals surface area contributed by atoms with Crippen molar-refractivity contribution < 1.29 is 9.21 Å². The number of terminal acetylenes is 1. The van der Waals surface area contributed by atoms with E-state index in [4.69, 9.17) is 10.8 Å². The molecule has 2 atom stereocenters. The lowest BCUT2D eigenvalue weighted by Gasteiger charge is -2.19. The number of carbonyl (C=O) groups is 1. The third kappa shape index (κ3) is 3.68. The molecule has 2 aliphatic carbocycles. The summed E-state index contributed by atoms with van der Waals surface area (Å²) in [5.74, 6) is 5.83. The van der Waals surface area contributed by atoms with Crippen molar-refractivity contribution in [1.82, 2.24) is 10.2 Å². The van der Waals surface area contributed by atoms with Crippen molar-refractivity contribution in [2.45, 2.75) is 44.7 Å². The third-order valence-corrected chi connectivity index (χ3v) is 4.31. The van der Waals surface area contributed by atoms with Gasteiger partial charge in [-0.2, -0.15) is 0 Å². The Morgan fingerprint density at radius 2 is 2.29 bits per heavy atom. The Hall–Kier alpha value is -1.73.